The third kappa shape index (κ3) is 4.69. The Balaban J connectivity index is 1.28. The summed E-state index contributed by atoms with van der Waals surface area (Å²) in [6.07, 6.45) is 4.93. The smallest absolute Gasteiger partial charge is 0.319 e. The first-order chi connectivity index (χ1) is 21.7. The maximum atomic E-state index is 16.8. The number of ether oxygens (including phenoxy) is 1. The first-order valence-corrected chi connectivity index (χ1v) is 16.0. The number of pyridine rings is 1. The summed E-state index contributed by atoms with van der Waals surface area (Å²) in [5.41, 5.74) is 0.177. The highest BCUT2D eigenvalue weighted by molar-refractivity contribution is 6.01. The fourth-order valence-corrected chi connectivity index (χ4v) is 8.64. The zero-order chi connectivity index (χ0) is 31.0. The van der Waals surface area contributed by atoms with E-state index in [1.54, 1.807) is 6.07 Å². The van der Waals surface area contributed by atoms with Gasteiger partial charge in [-0.05, 0) is 85.5 Å². The number of anilines is 1. The summed E-state index contributed by atoms with van der Waals surface area (Å²) in [6.45, 7) is 3.88. The standard InChI is InChI=1S/C34H36F3N5O3/c1-2-24-27(36)5-4-19-10-23(44)12-25(28(19)24)30-29(37)31-26(14-38-30)32(42-15-18-8-21(42)11-22(43)9-18)40-33(39-31)45-17-34-6-3-7-41(34)16-20(35)13-34/h4-5,10,12,14,18,20-22,43-44H,2-3,6-9,11,13,15-17H2,1H3/t18?,20-,21?,22?,34+/m1/s1. The Morgan fingerprint density at radius 2 is 1.98 bits per heavy atom. The van der Waals surface area contributed by atoms with Gasteiger partial charge in [0.15, 0.2) is 5.82 Å². The molecule has 8 nitrogen and oxygen atoms in total. The number of aliphatic hydroxyl groups excluding tert-OH is 1. The molecule has 0 spiro atoms. The maximum absolute atomic E-state index is 16.8. The summed E-state index contributed by atoms with van der Waals surface area (Å²) in [7, 11) is 0. The zero-order valence-corrected chi connectivity index (χ0v) is 25.1. The average Bonchev–Trinajstić information content (AvgIpc) is 3.64. The second-order valence-corrected chi connectivity index (χ2v) is 13.4. The van der Waals surface area contributed by atoms with Crippen molar-refractivity contribution >= 4 is 27.5 Å². The molecule has 2 aromatic heterocycles. The molecule has 4 aliphatic rings. The third-order valence-electron chi connectivity index (χ3n) is 10.6. The van der Waals surface area contributed by atoms with Crippen LogP contribution in [0.2, 0.25) is 0 Å². The summed E-state index contributed by atoms with van der Waals surface area (Å²) < 4.78 is 52.5. The van der Waals surface area contributed by atoms with Crippen molar-refractivity contribution in [3.05, 3.63) is 47.7 Å². The number of phenolic OH excluding ortho intramolecular Hbond substituents is 1. The van der Waals surface area contributed by atoms with E-state index in [-0.39, 0.29) is 47.1 Å². The van der Waals surface area contributed by atoms with E-state index in [0.717, 1.165) is 25.8 Å². The number of benzene rings is 2. The molecule has 45 heavy (non-hydrogen) atoms. The van der Waals surface area contributed by atoms with Crippen molar-refractivity contribution in [3.8, 4) is 23.0 Å². The molecule has 4 fully saturated rings. The predicted octanol–water partition coefficient (Wildman–Crippen LogP) is 5.70. The van der Waals surface area contributed by atoms with Gasteiger partial charge in [0.05, 0.1) is 17.0 Å². The lowest BCUT2D eigenvalue weighted by atomic mass is 9.88. The number of aromatic hydroxyl groups is 1. The Labute approximate surface area is 258 Å². The number of fused-ring (bicyclic) bond motifs is 5. The minimum Gasteiger partial charge on any atom is -0.508 e. The summed E-state index contributed by atoms with van der Waals surface area (Å²) in [5, 5.41) is 22.5. The summed E-state index contributed by atoms with van der Waals surface area (Å²) in [5.74, 6) is -0.454. The van der Waals surface area contributed by atoms with E-state index in [2.05, 4.69) is 19.8 Å². The topological polar surface area (TPSA) is 94.8 Å². The number of halogens is 3. The van der Waals surface area contributed by atoms with Crippen LogP contribution in [0.1, 0.15) is 51.0 Å². The van der Waals surface area contributed by atoms with Gasteiger partial charge in [-0.25, -0.2) is 13.2 Å². The second kappa shape index (κ2) is 10.7. The number of nitrogens with zero attached hydrogens (tertiary/aromatic N) is 5. The Kier molecular flexibility index (Phi) is 6.83. The van der Waals surface area contributed by atoms with Gasteiger partial charge >= 0.3 is 6.01 Å². The second-order valence-electron chi connectivity index (χ2n) is 13.4. The highest BCUT2D eigenvalue weighted by Crippen LogP contribution is 2.44. The van der Waals surface area contributed by atoms with Crippen LogP contribution in [0.15, 0.2) is 30.5 Å². The number of aryl methyl sites for hydroxylation is 1. The van der Waals surface area contributed by atoms with Crippen molar-refractivity contribution in [1.82, 2.24) is 19.9 Å². The number of aliphatic hydroxyl groups is 1. The molecule has 0 amide bonds. The SMILES string of the molecule is CCc1c(F)ccc2cc(O)cc(-c3ncc4c(N5CC6CC(O)CC5C6)nc(OC[C@@]56CCCN5C[C@H](F)C6)nc4c3F)c12. The molecule has 5 atom stereocenters. The van der Waals surface area contributed by atoms with Gasteiger partial charge < -0.3 is 19.8 Å². The van der Waals surface area contributed by atoms with Crippen LogP contribution in [-0.2, 0) is 6.42 Å². The summed E-state index contributed by atoms with van der Waals surface area (Å²) in [6, 6.07) is 5.88. The number of aromatic nitrogens is 3. The normalized spacial score (nSPS) is 28.0. The minimum atomic E-state index is -0.918. The van der Waals surface area contributed by atoms with Crippen LogP contribution in [0, 0.1) is 17.6 Å². The van der Waals surface area contributed by atoms with Gasteiger partial charge in [0, 0.05) is 37.3 Å². The van der Waals surface area contributed by atoms with Crippen molar-refractivity contribution in [1.29, 1.82) is 0 Å². The van der Waals surface area contributed by atoms with E-state index in [1.165, 1.54) is 24.4 Å². The van der Waals surface area contributed by atoms with Crippen molar-refractivity contribution in [2.45, 2.75) is 75.7 Å². The van der Waals surface area contributed by atoms with Crippen molar-refractivity contribution < 1.29 is 28.1 Å². The van der Waals surface area contributed by atoms with Crippen LogP contribution in [0.4, 0.5) is 19.0 Å². The van der Waals surface area contributed by atoms with Crippen molar-refractivity contribution in [2.24, 2.45) is 5.92 Å². The van der Waals surface area contributed by atoms with Gasteiger partial charge in [-0.3, -0.25) is 9.88 Å². The molecule has 3 saturated heterocycles. The van der Waals surface area contributed by atoms with Gasteiger partial charge in [-0.15, -0.1) is 0 Å². The van der Waals surface area contributed by atoms with E-state index in [1.807, 2.05) is 6.92 Å². The van der Waals surface area contributed by atoms with E-state index < -0.39 is 29.4 Å². The minimum absolute atomic E-state index is 0.000127. The number of phenols is 1. The quantitative estimate of drug-likeness (QED) is 0.284. The maximum Gasteiger partial charge on any atom is 0.319 e. The molecule has 5 heterocycles. The molecule has 1 saturated carbocycles. The van der Waals surface area contributed by atoms with E-state index in [9.17, 15) is 19.0 Å². The molecule has 3 aliphatic heterocycles. The molecule has 8 rings (SSSR count). The largest absolute Gasteiger partial charge is 0.508 e. The third-order valence-corrected chi connectivity index (χ3v) is 10.6. The molecule has 2 aromatic carbocycles. The zero-order valence-electron chi connectivity index (χ0n) is 25.1. The van der Waals surface area contributed by atoms with Gasteiger partial charge in [0.25, 0.3) is 0 Å². The summed E-state index contributed by atoms with van der Waals surface area (Å²) >= 11 is 0. The van der Waals surface area contributed by atoms with Crippen LogP contribution in [-0.4, -0.2) is 80.2 Å². The fraction of sp³-hybridized carbons (Fsp3) is 0.500. The molecule has 236 valence electrons. The lowest BCUT2D eigenvalue weighted by molar-refractivity contribution is 0.107. The molecule has 2 N–H and O–H groups in total. The molecule has 1 aliphatic carbocycles. The monoisotopic (exact) mass is 619 g/mol. The fourth-order valence-electron chi connectivity index (χ4n) is 8.64. The number of rotatable bonds is 6. The van der Waals surface area contributed by atoms with Gasteiger partial charge in [0.1, 0.15) is 41.4 Å². The van der Waals surface area contributed by atoms with Gasteiger partial charge in [-0.2, -0.15) is 9.97 Å². The Morgan fingerprint density at radius 3 is 2.82 bits per heavy atom. The van der Waals surface area contributed by atoms with Crippen LogP contribution in [0.3, 0.4) is 0 Å². The number of hydrogen-bond acceptors (Lipinski definition) is 8. The Bertz CT molecular complexity index is 1820. The van der Waals surface area contributed by atoms with E-state index in [0.29, 0.717) is 66.3 Å². The average molecular weight is 620 g/mol. The molecular formula is C34H36F3N5O3. The highest BCUT2D eigenvalue weighted by Gasteiger charge is 2.49. The number of alkyl halides is 1. The van der Waals surface area contributed by atoms with Crippen LogP contribution in [0.5, 0.6) is 11.8 Å². The van der Waals surface area contributed by atoms with Gasteiger partial charge in [-0.1, -0.05) is 13.0 Å². The molecular weight excluding hydrogens is 583 g/mol. The van der Waals surface area contributed by atoms with E-state index >= 15 is 4.39 Å². The van der Waals surface area contributed by atoms with Crippen LogP contribution in [0.25, 0.3) is 32.9 Å². The molecule has 11 heteroatoms. The van der Waals surface area contributed by atoms with Crippen molar-refractivity contribution in [2.75, 3.05) is 31.1 Å². The lowest BCUT2D eigenvalue weighted by Gasteiger charge is -2.31. The first-order valence-electron chi connectivity index (χ1n) is 16.0. The Morgan fingerprint density at radius 1 is 1.11 bits per heavy atom. The molecule has 2 bridgehead atoms. The summed E-state index contributed by atoms with van der Waals surface area (Å²) in [4.78, 5) is 18.2. The lowest BCUT2D eigenvalue weighted by Crippen LogP contribution is -2.43. The van der Waals surface area contributed by atoms with Gasteiger partial charge in [0.2, 0.25) is 0 Å². The molecule has 4 aromatic rings. The first kappa shape index (κ1) is 28.8. The molecule has 0 radical (unpaired) electrons. The Hall–Kier alpha value is -3.70. The van der Waals surface area contributed by atoms with Crippen molar-refractivity contribution in [3.63, 3.8) is 0 Å². The molecule has 3 unspecified atom stereocenters. The van der Waals surface area contributed by atoms with Crippen LogP contribution >= 0.6 is 0 Å². The number of hydrogen-bond donors (Lipinski definition) is 2. The highest BCUT2D eigenvalue weighted by atomic mass is 19.1. The predicted molar refractivity (Wildman–Crippen MR) is 164 cm³/mol. The van der Waals surface area contributed by atoms with Crippen LogP contribution < -0.4 is 9.64 Å². The van der Waals surface area contributed by atoms with E-state index in [4.69, 9.17) is 9.72 Å².